The molecule has 0 aliphatic rings. The SMILES string of the molecule is COC(=O)C(F)(F)C(F)(F)OC(F)(F)C(C(F)(F)F)(C(F)(F)OC(F)(F)C(F)(F)C(=O)OC)C(F)(F)OC(F)(F)C(F)(F)C(=O)OC. The van der Waals surface area contributed by atoms with Gasteiger partial charge in [0, 0.05) is 0 Å². The lowest BCUT2D eigenvalue weighted by molar-refractivity contribution is -0.601. The number of alkyl halides is 21. The van der Waals surface area contributed by atoms with E-state index in [1.54, 1.807) is 0 Å². The second kappa shape index (κ2) is 12.4. The number of hydrogen-bond donors (Lipinski definition) is 0. The maximum Gasteiger partial charge on any atom is 0.435 e. The Hall–Kier alpha value is -3.18. The van der Waals surface area contributed by atoms with Crippen molar-refractivity contribution in [2.24, 2.45) is 5.41 Å². The van der Waals surface area contributed by atoms with Gasteiger partial charge in [-0.05, 0) is 0 Å². The van der Waals surface area contributed by atoms with Crippen LogP contribution in [0.2, 0.25) is 0 Å². The second-order valence-electron chi connectivity index (χ2n) is 7.85. The van der Waals surface area contributed by atoms with Crippen LogP contribution in [0.15, 0.2) is 0 Å². The Balaban J connectivity index is 8.30. The maximum absolute atomic E-state index is 14.7. The molecule has 0 aliphatic carbocycles. The average Bonchev–Trinajstić information content (AvgIpc) is 2.82. The lowest BCUT2D eigenvalue weighted by Gasteiger charge is -2.48. The number of ether oxygens (including phenoxy) is 6. The number of rotatable bonds is 15. The number of carbonyl (C=O) groups is 3. The Bertz CT molecular complexity index is 1050. The van der Waals surface area contributed by atoms with E-state index in [0.717, 1.165) is 0 Å². The van der Waals surface area contributed by atoms with E-state index in [-0.39, 0.29) is 21.3 Å². The van der Waals surface area contributed by atoms with Gasteiger partial charge in [-0.15, -0.1) is 0 Å². The first kappa shape index (κ1) is 43.8. The first-order chi connectivity index (χ1) is 20.3. The number of methoxy groups -OCH3 is 3. The zero-order valence-electron chi connectivity index (χ0n) is 21.6. The number of hydrogen-bond acceptors (Lipinski definition) is 9. The summed E-state index contributed by atoms with van der Waals surface area (Å²) in [5, 5.41) is 0. The topological polar surface area (TPSA) is 107 Å². The predicted molar refractivity (Wildman–Crippen MR) is 92.3 cm³/mol. The van der Waals surface area contributed by atoms with Crippen molar-refractivity contribution in [3.8, 4) is 0 Å². The molecule has 0 spiro atoms. The van der Waals surface area contributed by atoms with Crippen LogP contribution in [0.3, 0.4) is 0 Å². The molecular formula is C17H9F21O9. The van der Waals surface area contributed by atoms with E-state index in [4.69, 9.17) is 0 Å². The van der Waals surface area contributed by atoms with Gasteiger partial charge >= 0.3 is 83.9 Å². The average molecular weight is 756 g/mol. The molecule has 0 aliphatic heterocycles. The first-order valence-electron chi connectivity index (χ1n) is 10.1. The molecule has 0 fully saturated rings. The van der Waals surface area contributed by atoms with Crippen molar-refractivity contribution in [1.29, 1.82) is 0 Å². The van der Waals surface area contributed by atoms with Crippen LogP contribution < -0.4 is 0 Å². The van der Waals surface area contributed by atoms with Gasteiger partial charge < -0.3 is 14.2 Å². The molecule has 0 aromatic rings. The van der Waals surface area contributed by atoms with Crippen molar-refractivity contribution in [2.75, 3.05) is 21.3 Å². The summed E-state index contributed by atoms with van der Waals surface area (Å²) in [6, 6.07) is 0. The van der Waals surface area contributed by atoms with Gasteiger partial charge in [-0.25, -0.2) is 28.6 Å². The molecular weight excluding hydrogens is 747 g/mol. The van der Waals surface area contributed by atoms with Gasteiger partial charge in [0.15, 0.2) is 0 Å². The van der Waals surface area contributed by atoms with E-state index in [2.05, 4.69) is 14.2 Å². The first-order valence-corrected chi connectivity index (χ1v) is 10.1. The van der Waals surface area contributed by atoms with Gasteiger partial charge in [0.05, 0.1) is 21.3 Å². The number of esters is 3. The molecule has 0 aromatic heterocycles. The smallest absolute Gasteiger partial charge is 0.435 e. The molecule has 0 atom stereocenters. The highest BCUT2D eigenvalue weighted by molar-refractivity contribution is 5.79. The fourth-order valence-corrected chi connectivity index (χ4v) is 2.65. The van der Waals surface area contributed by atoms with Gasteiger partial charge in [-0.2, -0.15) is 92.2 Å². The molecule has 0 saturated heterocycles. The van der Waals surface area contributed by atoms with Crippen LogP contribution in [0.25, 0.3) is 0 Å². The van der Waals surface area contributed by atoms with Crippen molar-refractivity contribution in [1.82, 2.24) is 0 Å². The van der Waals surface area contributed by atoms with E-state index in [1.807, 2.05) is 0 Å². The quantitative estimate of drug-likeness (QED) is 0.121. The molecule has 47 heavy (non-hydrogen) atoms. The van der Waals surface area contributed by atoms with Crippen molar-refractivity contribution >= 4 is 17.9 Å². The van der Waals surface area contributed by atoms with E-state index >= 15 is 0 Å². The molecule has 0 unspecified atom stereocenters. The van der Waals surface area contributed by atoms with Crippen LogP contribution in [-0.4, -0.2) is 99.8 Å². The van der Waals surface area contributed by atoms with E-state index in [0.29, 0.717) is 0 Å². The fourth-order valence-electron chi connectivity index (χ4n) is 2.65. The molecule has 0 saturated carbocycles. The van der Waals surface area contributed by atoms with Crippen molar-refractivity contribution in [3.63, 3.8) is 0 Å². The largest absolute Gasteiger partial charge is 0.464 e. The zero-order valence-corrected chi connectivity index (χ0v) is 21.6. The van der Waals surface area contributed by atoms with E-state index < -0.39 is 83.9 Å². The highest BCUT2D eigenvalue weighted by Gasteiger charge is 2.98. The summed E-state index contributed by atoms with van der Waals surface area (Å²) < 4.78 is 307. The van der Waals surface area contributed by atoms with E-state index in [9.17, 15) is 107 Å². The minimum Gasteiger partial charge on any atom is -0.464 e. The maximum atomic E-state index is 14.7. The minimum atomic E-state index is -9.55. The van der Waals surface area contributed by atoms with Crippen LogP contribution in [-0.2, 0) is 42.8 Å². The Morgan fingerprint density at radius 1 is 0.340 bits per heavy atom. The minimum absolute atomic E-state index is 0.360. The Morgan fingerprint density at radius 3 is 0.638 bits per heavy atom. The van der Waals surface area contributed by atoms with Crippen molar-refractivity contribution < 1.29 is 135 Å². The van der Waals surface area contributed by atoms with Crippen LogP contribution in [0.5, 0.6) is 0 Å². The number of carbonyl (C=O) groups excluding carboxylic acids is 3. The van der Waals surface area contributed by atoms with Crippen LogP contribution in [0.1, 0.15) is 0 Å². The molecule has 0 bridgehead atoms. The third-order valence-corrected chi connectivity index (χ3v) is 4.93. The molecule has 0 heterocycles. The van der Waals surface area contributed by atoms with Crippen molar-refractivity contribution in [2.45, 2.75) is 60.6 Å². The van der Waals surface area contributed by atoms with Crippen LogP contribution in [0, 0.1) is 5.41 Å². The Morgan fingerprint density at radius 2 is 0.511 bits per heavy atom. The summed E-state index contributed by atoms with van der Waals surface area (Å²) in [6.45, 7) is 0. The predicted octanol–water partition coefficient (Wildman–Crippen LogP) is 5.57. The normalized spacial score (nSPS) is 15.3. The summed E-state index contributed by atoms with van der Waals surface area (Å²) in [4.78, 5) is 32.4. The van der Waals surface area contributed by atoms with Crippen LogP contribution in [0.4, 0.5) is 92.2 Å². The van der Waals surface area contributed by atoms with Gasteiger partial charge in [0.25, 0.3) is 0 Å². The highest BCUT2D eigenvalue weighted by Crippen LogP contribution is 2.69. The third-order valence-electron chi connectivity index (χ3n) is 4.93. The highest BCUT2D eigenvalue weighted by atomic mass is 19.4. The van der Waals surface area contributed by atoms with E-state index in [1.165, 1.54) is 14.2 Å². The molecule has 30 heteroatoms. The molecule has 0 N–H and O–H groups in total. The molecule has 0 aromatic carbocycles. The van der Waals surface area contributed by atoms with Crippen molar-refractivity contribution in [3.05, 3.63) is 0 Å². The summed E-state index contributed by atoms with van der Waals surface area (Å²) in [6.07, 6.45) is -60.5. The molecule has 0 rings (SSSR count). The van der Waals surface area contributed by atoms with Gasteiger partial charge in [0.1, 0.15) is 0 Å². The zero-order chi connectivity index (χ0) is 38.5. The summed E-state index contributed by atoms with van der Waals surface area (Å²) in [5.41, 5.74) is -9.55. The lowest BCUT2D eigenvalue weighted by Crippen LogP contribution is -2.76. The molecule has 0 amide bonds. The third kappa shape index (κ3) is 6.88. The number of halogens is 21. The lowest BCUT2D eigenvalue weighted by atomic mass is 9.81. The van der Waals surface area contributed by atoms with Gasteiger partial charge in [-0.3, -0.25) is 0 Å². The van der Waals surface area contributed by atoms with Gasteiger partial charge in [0.2, 0.25) is 0 Å². The second-order valence-corrected chi connectivity index (χ2v) is 7.85. The molecule has 0 radical (unpaired) electrons. The van der Waals surface area contributed by atoms with Gasteiger partial charge in [-0.1, -0.05) is 0 Å². The summed E-state index contributed by atoms with van der Waals surface area (Å²) in [5.74, 6) is -33.6. The molecule has 9 nitrogen and oxygen atoms in total. The fraction of sp³-hybridized carbons (Fsp3) is 0.824. The Kier molecular flexibility index (Phi) is 11.5. The monoisotopic (exact) mass is 756 g/mol. The Labute approximate surface area is 241 Å². The summed E-state index contributed by atoms with van der Waals surface area (Å²) >= 11 is 0. The standard InChI is InChI=1S/C17H9F21O9/c1-42-4(39)7(18,19)12(27,28)45-15(33,34)10(11(24,25)26,16(35,36)46-13(29,30)8(20,21)5(40)43-2)17(37,38)47-14(31,32)9(22,23)6(41)44-3/h1-3H3. The summed E-state index contributed by atoms with van der Waals surface area (Å²) in [7, 11) is -1.08. The molecule has 278 valence electrons. The van der Waals surface area contributed by atoms with Crippen LogP contribution >= 0.6 is 0 Å².